The van der Waals surface area contributed by atoms with Gasteiger partial charge >= 0.3 is 11.9 Å². The quantitative estimate of drug-likeness (QED) is 0.334. The van der Waals surface area contributed by atoms with Gasteiger partial charge in [0.1, 0.15) is 18.8 Å². The number of methoxy groups -OCH3 is 2. The number of fused-ring (bicyclic) bond motifs is 1. The second-order valence-electron chi connectivity index (χ2n) is 8.57. The van der Waals surface area contributed by atoms with E-state index in [0.717, 1.165) is 36.0 Å². The van der Waals surface area contributed by atoms with Gasteiger partial charge in [-0.3, -0.25) is 4.79 Å². The van der Waals surface area contributed by atoms with Crippen LogP contribution < -0.4 is 14.2 Å². The molecule has 1 heterocycles. The molecular weight excluding hydrogens is 424 g/mol. The molecule has 0 aromatic heterocycles. The van der Waals surface area contributed by atoms with Crippen LogP contribution in [0.3, 0.4) is 0 Å². The van der Waals surface area contributed by atoms with Crippen molar-refractivity contribution in [1.29, 1.82) is 0 Å². The van der Waals surface area contributed by atoms with E-state index < -0.39 is 5.60 Å². The molecule has 7 heteroatoms. The molecule has 2 aromatic rings. The van der Waals surface area contributed by atoms with Gasteiger partial charge in [-0.05, 0) is 44.0 Å². The van der Waals surface area contributed by atoms with Crippen molar-refractivity contribution in [1.82, 2.24) is 0 Å². The average Bonchev–Trinajstić information content (AvgIpc) is 3.17. The highest BCUT2D eigenvalue weighted by Gasteiger charge is 2.29. The first kappa shape index (κ1) is 24.4. The Labute approximate surface area is 194 Å². The number of esters is 2. The van der Waals surface area contributed by atoms with Crippen LogP contribution in [0.5, 0.6) is 17.2 Å². The molecule has 1 aliphatic rings. The molecule has 3 rings (SSSR count). The van der Waals surface area contributed by atoms with Gasteiger partial charge < -0.3 is 23.7 Å². The van der Waals surface area contributed by atoms with Crippen LogP contribution in [-0.4, -0.2) is 38.4 Å². The Morgan fingerprint density at radius 2 is 1.76 bits per heavy atom. The topological polar surface area (TPSA) is 80.3 Å². The summed E-state index contributed by atoms with van der Waals surface area (Å²) in [6, 6.07) is 9.11. The van der Waals surface area contributed by atoms with E-state index in [4.69, 9.17) is 23.7 Å². The normalized spacial score (nSPS) is 12.7. The number of hydrogen-bond donors (Lipinski definition) is 0. The second kappa shape index (κ2) is 10.6. The van der Waals surface area contributed by atoms with Crippen molar-refractivity contribution in [2.24, 2.45) is 0 Å². The summed E-state index contributed by atoms with van der Waals surface area (Å²) in [5, 5.41) is 0. The standard InChI is InChI=1S/C26H32O7/c1-6-7-8-12-22(27)33-26(2,3)16-32-23-18(13-14-21(29-4)24(23)30-5)17-10-9-11-19-20(17)15-31-25(19)28/h9-11,13-14H,6-8,12,15-16H2,1-5H3. The number of cyclic esters (lactones) is 1. The monoisotopic (exact) mass is 456 g/mol. The fourth-order valence-corrected chi connectivity index (χ4v) is 3.81. The molecule has 0 saturated carbocycles. The number of ether oxygens (including phenoxy) is 5. The molecule has 0 unspecified atom stereocenters. The van der Waals surface area contributed by atoms with Crippen molar-refractivity contribution in [3.8, 4) is 28.4 Å². The molecule has 0 spiro atoms. The van der Waals surface area contributed by atoms with Gasteiger partial charge in [-0.15, -0.1) is 0 Å². The number of unbranched alkanes of at least 4 members (excludes halogenated alkanes) is 2. The van der Waals surface area contributed by atoms with Crippen LogP contribution in [0.15, 0.2) is 30.3 Å². The Bertz CT molecular complexity index is 1010. The zero-order chi connectivity index (χ0) is 24.0. The number of carbonyl (C=O) groups is 2. The van der Waals surface area contributed by atoms with Gasteiger partial charge in [-0.2, -0.15) is 0 Å². The second-order valence-corrected chi connectivity index (χ2v) is 8.57. The Morgan fingerprint density at radius 1 is 1.00 bits per heavy atom. The predicted molar refractivity (Wildman–Crippen MR) is 124 cm³/mol. The number of rotatable bonds is 11. The Kier molecular flexibility index (Phi) is 7.84. The highest BCUT2D eigenvalue weighted by molar-refractivity contribution is 5.96. The fraction of sp³-hybridized carbons (Fsp3) is 0.462. The third-order valence-electron chi connectivity index (χ3n) is 5.47. The minimum absolute atomic E-state index is 0.105. The third-order valence-corrected chi connectivity index (χ3v) is 5.47. The summed E-state index contributed by atoms with van der Waals surface area (Å²) < 4.78 is 28.2. The van der Waals surface area contributed by atoms with Crippen molar-refractivity contribution in [2.45, 2.75) is 58.7 Å². The SMILES string of the molecule is CCCCCC(=O)OC(C)(C)COc1c(-c2cccc3c2COC3=O)ccc(OC)c1OC. The summed E-state index contributed by atoms with van der Waals surface area (Å²) in [5.41, 5.74) is 2.01. The molecule has 7 nitrogen and oxygen atoms in total. The molecule has 0 aliphatic carbocycles. The highest BCUT2D eigenvalue weighted by atomic mass is 16.6. The first-order valence-corrected chi connectivity index (χ1v) is 11.2. The molecule has 178 valence electrons. The lowest BCUT2D eigenvalue weighted by molar-refractivity contribution is -0.159. The van der Waals surface area contributed by atoms with E-state index in [1.165, 1.54) is 7.11 Å². The van der Waals surface area contributed by atoms with Crippen molar-refractivity contribution < 1.29 is 33.3 Å². The average molecular weight is 457 g/mol. The minimum atomic E-state index is -0.855. The van der Waals surface area contributed by atoms with Crippen LogP contribution >= 0.6 is 0 Å². The maximum Gasteiger partial charge on any atom is 0.338 e. The molecule has 2 aromatic carbocycles. The lowest BCUT2D eigenvalue weighted by Gasteiger charge is -2.27. The van der Waals surface area contributed by atoms with Crippen LogP contribution in [0.25, 0.3) is 11.1 Å². The summed E-state index contributed by atoms with van der Waals surface area (Å²) in [5.74, 6) is 0.783. The minimum Gasteiger partial charge on any atom is -0.493 e. The number of benzene rings is 2. The molecule has 0 N–H and O–H groups in total. The predicted octanol–water partition coefficient (Wildman–Crippen LogP) is 5.32. The zero-order valence-corrected chi connectivity index (χ0v) is 20.0. The molecule has 0 saturated heterocycles. The van der Waals surface area contributed by atoms with E-state index in [0.29, 0.717) is 29.2 Å². The molecule has 1 aliphatic heterocycles. The van der Waals surface area contributed by atoms with Crippen molar-refractivity contribution in [3.63, 3.8) is 0 Å². The van der Waals surface area contributed by atoms with Gasteiger partial charge in [0, 0.05) is 17.5 Å². The number of hydrogen-bond acceptors (Lipinski definition) is 7. The first-order chi connectivity index (χ1) is 15.8. The lowest BCUT2D eigenvalue weighted by atomic mass is 9.95. The van der Waals surface area contributed by atoms with E-state index >= 15 is 0 Å². The van der Waals surface area contributed by atoms with E-state index in [2.05, 4.69) is 6.92 Å². The smallest absolute Gasteiger partial charge is 0.338 e. The highest BCUT2D eigenvalue weighted by Crippen LogP contribution is 2.46. The molecule has 0 fully saturated rings. The molecular formula is C26H32O7. The molecule has 0 radical (unpaired) electrons. The fourth-order valence-electron chi connectivity index (χ4n) is 3.81. The van der Waals surface area contributed by atoms with Crippen molar-refractivity contribution in [3.05, 3.63) is 41.5 Å². The van der Waals surface area contributed by atoms with E-state index in [-0.39, 0.29) is 25.2 Å². The first-order valence-electron chi connectivity index (χ1n) is 11.2. The molecule has 0 amide bonds. The van der Waals surface area contributed by atoms with Crippen LogP contribution in [0, 0.1) is 0 Å². The summed E-state index contributed by atoms with van der Waals surface area (Å²) in [6.07, 6.45) is 3.22. The maximum atomic E-state index is 12.2. The number of carbonyl (C=O) groups excluding carboxylic acids is 2. The van der Waals surface area contributed by atoms with Gasteiger partial charge in [0.15, 0.2) is 11.5 Å². The van der Waals surface area contributed by atoms with Gasteiger partial charge in [0.2, 0.25) is 5.75 Å². The third kappa shape index (κ3) is 5.59. The summed E-state index contributed by atoms with van der Waals surface area (Å²) >= 11 is 0. The zero-order valence-electron chi connectivity index (χ0n) is 20.0. The van der Waals surface area contributed by atoms with Gasteiger partial charge in [-0.1, -0.05) is 31.9 Å². The van der Waals surface area contributed by atoms with Crippen molar-refractivity contribution >= 4 is 11.9 Å². The lowest BCUT2D eigenvalue weighted by Crippen LogP contribution is -2.35. The van der Waals surface area contributed by atoms with E-state index in [1.54, 1.807) is 19.2 Å². The summed E-state index contributed by atoms with van der Waals surface area (Å²) in [4.78, 5) is 24.3. The van der Waals surface area contributed by atoms with Gasteiger partial charge in [0.05, 0.1) is 19.8 Å². The Morgan fingerprint density at radius 3 is 2.45 bits per heavy atom. The Balaban J connectivity index is 1.91. The van der Waals surface area contributed by atoms with Gasteiger partial charge in [-0.25, -0.2) is 4.79 Å². The van der Waals surface area contributed by atoms with Crippen LogP contribution in [0.2, 0.25) is 0 Å². The largest absolute Gasteiger partial charge is 0.493 e. The maximum absolute atomic E-state index is 12.2. The molecule has 0 atom stereocenters. The molecule has 33 heavy (non-hydrogen) atoms. The van der Waals surface area contributed by atoms with E-state index in [1.807, 2.05) is 32.0 Å². The van der Waals surface area contributed by atoms with E-state index in [9.17, 15) is 9.59 Å². The summed E-state index contributed by atoms with van der Waals surface area (Å²) in [7, 11) is 3.09. The van der Waals surface area contributed by atoms with Crippen molar-refractivity contribution in [2.75, 3.05) is 20.8 Å². The van der Waals surface area contributed by atoms with Crippen LogP contribution in [-0.2, 0) is 20.9 Å². The molecule has 0 bridgehead atoms. The van der Waals surface area contributed by atoms with Crippen LogP contribution in [0.4, 0.5) is 0 Å². The summed E-state index contributed by atoms with van der Waals surface area (Å²) in [6.45, 7) is 6.01. The van der Waals surface area contributed by atoms with Crippen LogP contribution in [0.1, 0.15) is 62.4 Å². The van der Waals surface area contributed by atoms with Gasteiger partial charge in [0.25, 0.3) is 0 Å². The Hall–Kier alpha value is -3.22.